The first-order valence-corrected chi connectivity index (χ1v) is 8.69. The Labute approximate surface area is 126 Å². The van der Waals surface area contributed by atoms with Gasteiger partial charge in [0.25, 0.3) is 0 Å². The molecule has 1 aromatic rings. The average molecular weight is 313 g/mol. The molecule has 1 aliphatic heterocycles. The van der Waals surface area contributed by atoms with Crippen LogP contribution in [0.2, 0.25) is 0 Å². The van der Waals surface area contributed by atoms with Crippen LogP contribution in [0.5, 0.6) is 0 Å². The fourth-order valence-corrected chi connectivity index (χ4v) is 3.56. The number of sulfonamides is 1. The van der Waals surface area contributed by atoms with Gasteiger partial charge in [-0.2, -0.15) is 0 Å². The predicted octanol–water partition coefficient (Wildman–Crippen LogP) is 0.669. The van der Waals surface area contributed by atoms with Gasteiger partial charge in [0.2, 0.25) is 16.0 Å². The number of nitrogens with zero attached hydrogens (tertiary/aromatic N) is 3. The molecule has 0 bridgehead atoms. The molecule has 0 aliphatic carbocycles. The van der Waals surface area contributed by atoms with Gasteiger partial charge in [0.05, 0.1) is 12.4 Å². The Morgan fingerprint density at radius 2 is 2.05 bits per heavy atom. The fraction of sp³-hybridized carbons (Fsp3) is 0.692. The lowest BCUT2D eigenvalue weighted by atomic mass is 10.0. The summed E-state index contributed by atoms with van der Waals surface area (Å²) in [4.78, 5) is 10.4. The highest BCUT2D eigenvalue weighted by atomic mass is 32.2. The van der Waals surface area contributed by atoms with Crippen LogP contribution in [-0.4, -0.2) is 55.5 Å². The molecule has 1 aromatic heterocycles. The van der Waals surface area contributed by atoms with E-state index in [1.54, 1.807) is 0 Å². The maximum absolute atomic E-state index is 12.3. The molecular formula is C13H23N5O2S. The molecule has 2 atom stereocenters. The van der Waals surface area contributed by atoms with Crippen LogP contribution in [0.1, 0.15) is 26.7 Å². The summed E-state index contributed by atoms with van der Waals surface area (Å²) in [5, 5.41) is 2.94. The minimum Gasteiger partial charge on any atom is -0.355 e. The zero-order valence-corrected chi connectivity index (χ0v) is 13.5. The van der Waals surface area contributed by atoms with Crippen molar-refractivity contribution >= 4 is 16.0 Å². The molecule has 8 heteroatoms. The summed E-state index contributed by atoms with van der Waals surface area (Å²) >= 11 is 0. The summed E-state index contributed by atoms with van der Waals surface area (Å²) < 4.78 is 27.4. The van der Waals surface area contributed by atoms with Crippen LogP contribution in [0.15, 0.2) is 17.3 Å². The predicted molar refractivity (Wildman–Crippen MR) is 81.6 cm³/mol. The molecule has 0 saturated carbocycles. The summed E-state index contributed by atoms with van der Waals surface area (Å²) in [6, 6.07) is 0.341. The SMILES string of the molecule is CCNc1ncc(S(=O)(=O)NC2CCN(C)C(C)C2)cn1. The Balaban J connectivity index is 2.04. The van der Waals surface area contributed by atoms with Crippen LogP contribution in [0, 0.1) is 0 Å². The van der Waals surface area contributed by atoms with Crippen molar-refractivity contribution in [3.63, 3.8) is 0 Å². The highest BCUT2D eigenvalue weighted by Gasteiger charge is 2.27. The van der Waals surface area contributed by atoms with E-state index in [9.17, 15) is 8.42 Å². The summed E-state index contributed by atoms with van der Waals surface area (Å²) in [5.41, 5.74) is 0. The number of nitrogens with one attached hydrogen (secondary N) is 2. The van der Waals surface area contributed by atoms with E-state index in [-0.39, 0.29) is 10.9 Å². The summed E-state index contributed by atoms with van der Waals surface area (Å²) in [6.45, 7) is 5.62. The van der Waals surface area contributed by atoms with Crippen molar-refractivity contribution in [3.05, 3.63) is 12.4 Å². The molecule has 0 radical (unpaired) electrons. The number of likely N-dealkylation sites (tertiary alicyclic amines) is 1. The maximum Gasteiger partial charge on any atom is 0.243 e. The molecule has 2 unspecified atom stereocenters. The Kier molecular flexibility index (Phi) is 5.13. The van der Waals surface area contributed by atoms with Crippen molar-refractivity contribution in [1.29, 1.82) is 0 Å². The van der Waals surface area contributed by atoms with E-state index in [0.717, 1.165) is 19.4 Å². The third kappa shape index (κ3) is 4.12. The highest BCUT2D eigenvalue weighted by Crippen LogP contribution is 2.18. The Morgan fingerprint density at radius 3 is 2.62 bits per heavy atom. The standard InChI is InChI=1S/C13H23N5O2S/c1-4-14-13-15-8-12(9-16-13)21(19,20)17-11-5-6-18(3)10(2)7-11/h8-11,17H,4-7H2,1-3H3,(H,14,15,16). The first kappa shape index (κ1) is 16.1. The van der Waals surface area contributed by atoms with E-state index in [0.29, 0.717) is 18.5 Å². The van der Waals surface area contributed by atoms with E-state index in [4.69, 9.17) is 0 Å². The molecule has 1 saturated heterocycles. The van der Waals surface area contributed by atoms with Gasteiger partial charge < -0.3 is 10.2 Å². The van der Waals surface area contributed by atoms with Crippen molar-refractivity contribution in [2.45, 2.75) is 43.7 Å². The fourth-order valence-electron chi connectivity index (χ4n) is 2.39. The molecule has 0 spiro atoms. The van der Waals surface area contributed by atoms with Crippen LogP contribution in [0.25, 0.3) is 0 Å². The number of hydrogen-bond acceptors (Lipinski definition) is 6. The topological polar surface area (TPSA) is 87.2 Å². The quantitative estimate of drug-likeness (QED) is 0.831. The van der Waals surface area contributed by atoms with Crippen molar-refractivity contribution in [1.82, 2.24) is 19.6 Å². The molecule has 7 nitrogen and oxygen atoms in total. The van der Waals surface area contributed by atoms with E-state index in [2.05, 4.69) is 38.9 Å². The van der Waals surface area contributed by atoms with Crippen LogP contribution in [-0.2, 0) is 10.0 Å². The largest absolute Gasteiger partial charge is 0.355 e. The maximum atomic E-state index is 12.3. The molecule has 2 rings (SSSR count). The normalized spacial score (nSPS) is 24.0. The van der Waals surface area contributed by atoms with Gasteiger partial charge in [-0.1, -0.05) is 0 Å². The van der Waals surface area contributed by atoms with Gasteiger partial charge in [-0.3, -0.25) is 0 Å². The van der Waals surface area contributed by atoms with Crippen molar-refractivity contribution in [2.75, 3.05) is 25.5 Å². The lowest BCUT2D eigenvalue weighted by molar-refractivity contribution is 0.178. The minimum atomic E-state index is -3.55. The van der Waals surface area contributed by atoms with Crippen molar-refractivity contribution in [3.8, 4) is 0 Å². The highest BCUT2D eigenvalue weighted by molar-refractivity contribution is 7.89. The molecule has 1 fully saturated rings. The second kappa shape index (κ2) is 6.67. The van der Waals surface area contributed by atoms with Crippen LogP contribution < -0.4 is 10.0 Å². The number of aromatic nitrogens is 2. The second-order valence-corrected chi connectivity index (χ2v) is 7.16. The third-order valence-electron chi connectivity index (χ3n) is 3.80. The number of piperidine rings is 1. The Bertz CT molecular complexity index is 560. The lowest BCUT2D eigenvalue weighted by Crippen LogP contribution is -2.47. The molecule has 0 amide bonds. The summed E-state index contributed by atoms with van der Waals surface area (Å²) in [7, 11) is -1.50. The van der Waals surface area contributed by atoms with E-state index >= 15 is 0 Å². The Hall–Kier alpha value is -1.25. The van der Waals surface area contributed by atoms with E-state index in [1.807, 2.05) is 6.92 Å². The first-order chi connectivity index (χ1) is 9.92. The first-order valence-electron chi connectivity index (χ1n) is 7.21. The zero-order chi connectivity index (χ0) is 15.5. The summed E-state index contributed by atoms with van der Waals surface area (Å²) in [5.74, 6) is 0.435. The molecule has 2 heterocycles. The van der Waals surface area contributed by atoms with Gasteiger partial charge in [0.1, 0.15) is 4.90 Å². The molecule has 2 N–H and O–H groups in total. The van der Waals surface area contributed by atoms with Gasteiger partial charge in [0.15, 0.2) is 0 Å². The van der Waals surface area contributed by atoms with Gasteiger partial charge in [-0.15, -0.1) is 0 Å². The smallest absolute Gasteiger partial charge is 0.243 e. The van der Waals surface area contributed by atoms with E-state index < -0.39 is 10.0 Å². The van der Waals surface area contributed by atoms with Crippen LogP contribution >= 0.6 is 0 Å². The van der Waals surface area contributed by atoms with Gasteiger partial charge >= 0.3 is 0 Å². The molecule has 118 valence electrons. The molecule has 1 aliphatic rings. The Morgan fingerprint density at radius 1 is 1.38 bits per heavy atom. The molecular weight excluding hydrogens is 290 g/mol. The number of hydrogen-bond donors (Lipinski definition) is 2. The van der Waals surface area contributed by atoms with Gasteiger partial charge in [-0.05, 0) is 40.3 Å². The van der Waals surface area contributed by atoms with Gasteiger partial charge in [0, 0.05) is 18.6 Å². The lowest BCUT2D eigenvalue weighted by Gasteiger charge is -2.35. The zero-order valence-electron chi connectivity index (χ0n) is 12.7. The van der Waals surface area contributed by atoms with Crippen LogP contribution in [0.3, 0.4) is 0 Å². The average Bonchev–Trinajstić information content (AvgIpc) is 2.44. The number of anilines is 1. The minimum absolute atomic E-state index is 0.0327. The molecule has 21 heavy (non-hydrogen) atoms. The van der Waals surface area contributed by atoms with E-state index in [1.165, 1.54) is 12.4 Å². The monoisotopic (exact) mass is 313 g/mol. The van der Waals surface area contributed by atoms with Crippen LogP contribution in [0.4, 0.5) is 5.95 Å². The number of rotatable bonds is 5. The second-order valence-electron chi connectivity index (χ2n) is 5.44. The summed E-state index contributed by atoms with van der Waals surface area (Å²) in [6.07, 6.45) is 4.31. The molecule has 0 aromatic carbocycles. The van der Waals surface area contributed by atoms with Gasteiger partial charge in [-0.25, -0.2) is 23.1 Å². The van der Waals surface area contributed by atoms with Crippen molar-refractivity contribution in [2.24, 2.45) is 0 Å². The third-order valence-corrected chi connectivity index (χ3v) is 5.28. The van der Waals surface area contributed by atoms with Crippen molar-refractivity contribution < 1.29 is 8.42 Å².